The number of likely N-dealkylation sites (tertiary alicyclic amines) is 1. The van der Waals surface area contributed by atoms with Crippen molar-refractivity contribution in [1.29, 1.82) is 4.78 Å². The van der Waals surface area contributed by atoms with E-state index >= 15 is 0 Å². The molecule has 160 valence electrons. The van der Waals surface area contributed by atoms with Gasteiger partial charge in [0, 0.05) is 52.6 Å². The molecule has 0 spiro atoms. The number of hydrogen-bond acceptors (Lipinski definition) is 6. The Bertz CT molecular complexity index is 993. The zero-order valence-corrected chi connectivity index (χ0v) is 18.0. The van der Waals surface area contributed by atoms with Gasteiger partial charge in [0.05, 0.1) is 0 Å². The van der Waals surface area contributed by atoms with Gasteiger partial charge >= 0.3 is 0 Å². The molecule has 2 saturated heterocycles. The number of anilines is 1. The molecule has 0 amide bonds. The molecule has 7 heteroatoms. The van der Waals surface area contributed by atoms with Gasteiger partial charge in [0.1, 0.15) is 13.2 Å². The summed E-state index contributed by atoms with van der Waals surface area (Å²) in [6, 6.07) is 15.5. The molecule has 0 radical (unpaired) electrons. The largest absolute Gasteiger partial charge is 0.486 e. The van der Waals surface area contributed by atoms with Gasteiger partial charge in [-0.15, -0.1) is 0 Å². The first-order valence-electron chi connectivity index (χ1n) is 10.8. The van der Waals surface area contributed by atoms with Crippen LogP contribution in [-0.2, 0) is 16.3 Å². The Balaban J connectivity index is 1.26. The molecule has 0 aliphatic carbocycles. The minimum absolute atomic E-state index is 0.410. The Hall–Kier alpha value is -2.25. The maximum atomic E-state index is 11.9. The van der Waals surface area contributed by atoms with Crippen molar-refractivity contribution in [3.05, 3.63) is 53.6 Å². The summed E-state index contributed by atoms with van der Waals surface area (Å²) in [6.07, 6.45) is 2.37. The van der Waals surface area contributed by atoms with Crippen LogP contribution in [0.5, 0.6) is 11.5 Å². The predicted octanol–water partition coefficient (Wildman–Crippen LogP) is 3.66. The molecule has 0 saturated carbocycles. The van der Waals surface area contributed by atoms with Crippen molar-refractivity contribution < 1.29 is 13.7 Å². The molecular formula is C23H29N3O3S. The topological polar surface area (TPSA) is 65.9 Å². The lowest BCUT2D eigenvalue weighted by molar-refractivity contribution is 0.170. The SMILES string of the molecule is N=S1(=O)CCN(c2ccc(CN3CCC[C@H]3c3ccc4c(c3)OCCO4)cc2)CC1. The fraction of sp³-hybridized carbons (Fsp3) is 0.478. The van der Waals surface area contributed by atoms with E-state index in [1.54, 1.807) is 0 Å². The number of nitrogens with one attached hydrogen (secondary N) is 1. The molecule has 1 atom stereocenters. The summed E-state index contributed by atoms with van der Waals surface area (Å²) in [5.41, 5.74) is 3.78. The highest BCUT2D eigenvalue weighted by Crippen LogP contribution is 2.38. The molecule has 1 N–H and O–H groups in total. The molecule has 2 fully saturated rings. The van der Waals surface area contributed by atoms with Crippen molar-refractivity contribution >= 4 is 15.4 Å². The molecule has 30 heavy (non-hydrogen) atoms. The number of ether oxygens (including phenoxy) is 2. The number of benzene rings is 2. The van der Waals surface area contributed by atoms with Crippen molar-refractivity contribution in [2.45, 2.75) is 25.4 Å². The van der Waals surface area contributed by atoms with E-state index in [-0.39, 0.29) is 0 Å². The highest BCUT2D eigenvalue weighted by atomic mass is 32.2. The van der Waals surface area contributed by atoms with E-state index in [1.165, 1.54) is 23.2 Å². The molecule has 3 aliphatic heterocycles. The fourth-order valence-corrected chi connectivity index (χ4v) is 5.93. The summed E-state index contributed by atoms with van der Waals surface area (Å²) < 4.78 is 31.1. The average Bonchev–Trinajstić information content (AvgIpc) is 3.22. The van der Waals surface area contributed by atoms with E-state index in [4.69, 9.17) is 14.3 Å². The van der Waals surface area contributed by atoms with E-state index in [0.29, 0.717) is 43.9 Å². The van der Waals surface area contributed by atoms with E-state index < -0.39 is 9.73 Å². The van der Waals surface area contributed by atoms with Crippen LogP contribution >= 0.6 is 0 Å². The monoisotopic (exact) mass is 427 g/mol. The zero-order valence-electron chi connectivity index (χ0n) is 17.2. The van der Waals surface area contributed by atoms with Gasteiger partial charge in [0.15, 0.2) is 11.5 Å². The van der Waals surface area contributed by atoms with Crippen LogP contribution in [0.1, 0.15) is 30.0 Å². The van der Waals surface area contributed by atoms with Crippen LogP contribution in [0.4, 0.5) is 5.69 Å². The summed E-state index contributed by atoms with van der Waals surface area (Å²) in [5.74, 6) is 2.66. The first-order valence-corrected chi connectivity index (χ1v) is 12.7. The van der Waals surface area contributed by atoms with Crippen LogP contribution in [0.2, 0.25) is 0 Å². The molecule has 3 aliphatic rings. The first kappa shape index (κ1) is 19.7. The molecule has 0 unspecified atom stereocenters. The lowest BCUT2D eigenvalue weighted by atomic mass is 10.0. The van der Waals surface area contributed by atoms with E-state index in [9.17, 15) is 4.21 Å². The van der Waals surface area contributed by atoms with Crippen molar-refractivity contribution in [2.24, 2.45) is 0 Å². The molecule has 2 aromatic rings. The van der Waals surface area contributed by atoms with Crippen LogP contribution in [0.15, 0.2) is 42.5 Å². The van der Waals surface area contributed by atoms with Crippen LogP contribution < -0.4 is 14.4 Å². The average molecular weight is 428 g/mol. The Morgan fingerprint density at radius 3 is 2.47 bits per heavy atom. The third-order valence-electron chi connectivity index (χ3n) is 6.38. The van der Waals surface area contributed by atoms with Gasteiger partial charge in [-0.3, -0.25) is 9.68 Å². The molecule has 2 aromatic carbocycles. The maximum absolute atomic E-state index is 11.9. The van der Waals surface area contributed by atoms with Crippen molar-refractivity contribution in [3.8, 4) is 11.5 Å². The standard InChI is InChI=1S/C23H29N3O3S/c24-30(27)14-10-25(11-15-30)20-6-3-18(4-7-20)17-26-9-1-2-21(26)19-5-8-22-23(16-19)29-13-12-28-22/h3-8,16,21,24H,1-2,9-15,17H2/t21-/m0/s1. The van der Waals surface area contributed by atoms with Gasteiger partial charge in [-0.25, -0.2) is 4.21 Å². The van der Waals surface area contributed by atoms with E-state index in [1.807, 2.05) is 6.07 Å². The third-order valence-corrected chi connectivity index (χ3v) is 8.07. The van der Waals surface area contributed by atoms with Crippen molar-refractivity contribution in [1.82, 2.24) is 4.90 Å². The van der Waals surface area contributed by atoms with Crippen molar-refractivity contribution in [2.75, 3.05) is 49.3 Å². The molecular weight excluding hydrogens is 398 g/mol. The van der Waals surface area contributed by atoms with Crippen LogP contribution in [-0.4, -0.2) is 53.5 Å². The summed E-state index contributed by atoms with van der Waals surface area (Å²) in [4.78, 5) is 4.80. The third kappa shape index (κ3) is 4.14. The first-order chi connectivity index (χ1) is 14.6. The molecule has 6 nitrogen and oxygen atoms in total. The number of nitrogens with zero attached hydrogens (tertiary/aromatic N) is 2. The molecule has 0 bridgehead atoms. The molecule has 3 heterocycles. The van der Waals surface area contributed by atoms with Gasteiger partial charge in [-0.1, -0.05) is 18.2 Å². The van der Waals surface area contributed by atoms with Crippen molar-refractivity contribution in [3.63, 3.8) is 0 Å². The Morgan fingerprint density at radius 1 is 0.967 bits per heavy atom. The Labute approximate surface area is 178 Å². The van der Waals surface area contributed by atoms with E-state index in [2.05, 4.69) is 46.2 Å². The number of rotatable bonds is 4. The minimum Gasteiger partial charge on any atom is -0.486 e. The second-order valence-corrected chi connectivity index (χ2v) is 10.8. The van der Waals surface area contributed by atoms with E-state index in [0.717, 1.165) is 31.0 Å². The van der Waals surface area contributed by atoms with Crippen LogP contribution in [0.3, 0.4) is 0 Å². The summed E-state index contributed by atoms with van der Waals surface area (Å²) in [6.45, 7) is 4.69. The number of fused-ring (bicyclic) bond motifs is 1. The van der Waals surface area contributed by atoms with Gasteiger partial charge in [-0.05, 0) is 54.8 Å². The van der Waals surface area contributed by atoms with Crippen LogP contribution in [0, 0.1) is 4.78 Å². The normalized spacial score (nSPS) is 23.5. The van der Waals surface area contributed by atoms with Gasteiger partial charge in [-0.2, -0.15) is 0 Å². The van der Waals surface area contributed by atoms with Gasteiger partial charge < -0.3 is 14.4 Å². The Morgan fingerprint density at radius 2 is 1.70 bits per heavy atom. The summed E-state index contributed by atoms with van der Waals surface area (Å²) >= 11 is 0. The molecule has 5 rings (SSSR count). The lowest BCUT2D eigenvalue weighted by Gasteiger charge is -2.30. The quantitative estimate of drug-likeness (QED) is 0.807. The summed E-state index contributed by atoms with van der Waals surface area (Å²) in [7, 11) is -2.35. The van der Waals surface area contributed by atoms with Gasteiger partial charge in [0.25, 0.3) is 0 Å². The maximum Gasteiger partial charge on any atom is 0.161 e. The lowest BCUT2D eigenvalue weighted by Crippen LogP contribution is -2.39. The van der Waals surface area contributed by atoms with Crippen LogP contribution in [0.25, 0.3) is 0 Å². The minimum atomic E-state index is -2.35. The van der Waals surface area contributed by atoms with Gasteiger partial charge in [0.2, 0.25) is 0 Å². The predicted molar refractivity (Wildman–Crippen MR) is 119 cm³/mol. The summed E-state index contributed by atoms with van der Waals surface area (Å²) in [5, 5.41) is 0. The smallest absolute Gasteiger partial charge is 0.161 e. The fourth-order valence-electron chi connectivity index (χ4n) is 4.69. The zero-order chi connectivity index (χ0) is 20.6. The highest BCUT2D eigenvalue weighted by Gasteiger charge is 2.27. The number of hydrogen-bond donors (Lipinski definition) is 1. The highest BCUT2D eigenvalue weighted by molar-refractivity contribution is 7.92. The Kier molecular flexibility index (Phi) is 5.33. The second-order valence-electron chi connectivity index (χ2n) is 8.41. The second kappa shape index (κ2) is 8.12. The molecule has 0 aromatic heterocycles.